The number of piperazine rings is 1. The molecule has 2 aromatic heterocycles. The molecule has 5 rings (SSSR count). The topological polar surface area (TPSA) is 79.5 Å². The second kappa shape index (κ2) is 7.47. The number of hydrogen-bond acceptors (Lipinski definition) is 7. The number of benzene rings is 1. The first kappa shape index (κ1) is 19.7. The standard InChI is InChI=1S/C21H24N4O3S2/c1-14-3-4-15(2)18(11-14)24-7-9-25(10-8-24)30(26,27)19-12-17(13-29-19)20-22-21(28-23-20)16-5-6-16/h3-4,11-13,16H,5-10H2,1-2H3. The Bertz CT molecular complexity index is 1170. The van der Waals surface area contributed by atoms with Gasteiger partial charge in [-0.25, -0.2) is 8.42 Å². The Kier molecular flexibility index (Phi) is 4.91. The highest BCUT2D eigenvalue weighted by Crippen LogP contribution is 2.40. The van der Waals surface area contributed by atoms with Crippen molar-refractivity contribution < 1.29 is 12.9 Å². The number of hydrogen-bond donors (Lipinski definition) is 0. The average Bonchev–Trinajstić information content (AvgIpc) is 3.26. The molecule has 0 atom stereocenters. The molecule has 0 bridgehead atoms. The SMILES string of the molecule is Cc1ccc(C)c(N2CCN(S(=O)(=O)c3cc(-c4noc(C5CC5)n4)cs3)CC2)c1. The van der Waals surface area contributed by atoms with Crippen LogP contribution in [0, 0.1) is 13.8 Å². The molecule has 0 amide bonds. The molecule has 1 saturated carbocycles. The molecule has 1 aliphatic carbocycles. The van der Waals surface area contributed by atoms with E-state index in [0.717, 1.165) is 12.8 Å². The Morgan fingerprint density at radius 1 is 1.10 bits per heavy atom. The number of sulfonamides is 1. The van der Waals surface area contributed by atoms with Crippen molar-refractivity contribution in [3.8, 4) is 11.4 Å². The first-order valence-corrected chi connectivity index (χ1v) is 12.5. The van der Waals surface area contributed by atoms with E-state index < -0.39 is 10.0 Å². The van der Waals surface area contributed by atoms with E-state index in [1.165, 1.54) is 28.2 Å². The van der Waals surface area contributed by atoms with Crippen molar-refractivity contribution >= 4 is 27.0 Å². The van der Waals surface area contributed by atoms with Gasteiger partial charge in [-0.1, -0.05) is 17.3 Å². The van der Waals surface area contributed by atoms with Gasteiger partial charge in [0, 0.05) is 48.7 Å². The van der Waals surface area contributed by atoms with E-state index in [-0.39, 0.29) is 0 Å². The molecule has 2 aliphatic rings. The van der Waals surface area contributed by atoms with Gasteiger partial charge in [0.2, 0.25) is 11.7 Å². The molecular formula is C21H24N4O3S2. The van der Waals surface area contributed by atoms with E-state index in [9.17, 15) is 8.42 Å². The van der Waals surface area contributed by atoms with Crippen molar-refractivity contribution in [2.45, 2.75) is 36.8 Å². The normalized spacial score (nSPS) is 18.1. The van der Waals surface area contributed by atoms with Crippen molar-refractivity contribution in [3.63, 3.8) is 0 Å². The minimum atomic E-state index is -3.53. The Hall–Kier alpha value is -2.23. The molecule has 3 aromatic rings. The fourth-order valence-corrected chi connectivity index (χ4v) is 6.51. The number of anilines is 1. The van der Waals surface area contributed by atoms with Crippen LogP contribution in [-0.2, 0) is 10.0 Å². The third-order valence-corrected chi connectivity index (χ3v) is 9.05. The van der Waals surface area contributed by atoms with Crippen LogP contribution < -0.4 is 4.90 Å². The molecule has 0 radical (unpaired) electrons. The highest BCUT2D eigenvalue weighted by molar-refractivity contribution is 7.91. The van der Waals surface area contributed by atoms with Crippen LogP contribution in [0.1, 0.15) is 35.8 Å². The molecular weight excluding hydrogens is 420 g/mol. The van der Waals surface area contributed by atoms with E-state index in [1.807, 2.05) is 0 Å². The first-order valence-electron chi connectivity index (χ1n) is 10.2. The van der Waals surface area contributed by atoms with Crippen molar-refractivity contribution in [2.75, 3.05) is 31.1 Å². The largest absolute Gasteiger partial charge is 0.369 e. The van der Waals surface area contributed by atoms with Crippen LogP contribution in [0.4, 0.5) is 5.69 Å². The summed E-state index contributed by atoms with van der Waals surface area (Å²) in [5, 5.41) is 5.81. The highest BCUT2D eigenvalue weighted by Gasteiger charge is 2.32. The summed E-state index contributed by atoms with van der Waals surface area (Å²) in [6, 6.07) is 8.06. The molecule has 9 heteroatoms. The van der Waals surface area contributed by atoms with E-state index in [1.54, 1.807) is 15.8 Å². The van der Waals surface area contributed by atoms with E-state index >= 15 is 0 Å². The van der Waals surface area contributed by atoms with E-state index in [0.29, 0.717) is 53.6 Å². The summed E-state index contributed by atoms with van der Waals surface area (Å²) in [5.74, 6) is 1.50. The second-order valence-corrected chi connectivity index (χ2v) is 11.1. The number of nitrogens with zero attached hydrogens (tertiary/aromatic N) is 4. The van der Waals surface area contributed by atoms with Crippen LogP contribution in [0.2, 0.25) is 0 Å². The molecule has 1 aromatic carbocycles. The number of aromatic nitrogens is 2. The number of rotatable bonds is 5. The molecule has 0 spiro atoms. The lowest BCUT2D eigenvalue weighted by Gasteiger charge is -2.36. The molecule has 2 fully saturated rings. The quantitative estimate of drug-likeness (QED) is 0.596. The van der Waals surface area contributed by atoms with Crippen molar-refractivity contribution in [1.82, 2.24) is 14.4 Å². The van der Waals surface area contributed by atoms with Gasteiger partial charge in [0.25, 0.3) is 10.0 Å². The molecule has 7 nitrogen and oxygen atoms in total. The summed E-state index contributed by atoms with van der Waals surface area (Å²) in [5.41, 5.74) is 4.31. The molecule has 1 saturated heterocycles. The Balaban J connectivity index is 1.30. The molecule has 0 unspecified atom stereocenters. The van der Waals surface area contributed by atoms with Crippen LogP contribution in [0.25, 0.3) is 11.4 Å². The maximum Gasteiger partial charge on any atom is 0.252 e. The lowest BCUT2D eigenvalue weighted by Crippen LogP contribution is -2.48. The van der Waals surface area contributed by atoms with Gasteiger partial charge >= 0.3 is 0 Å². The third-order valence-electron chi connectivity index (χ3n) is 5.74. The van der Waals surface area contributed by atoms with E-state index in [4.69, 9.17) is 4.52 Å². The van der Waals surface area contributed by atoms with Crippen molar-refractivity contribution in [2.24, 2.45) is 0 Å². The fraction of sp³-hybridized carbons (Fsp3) is 0.429. The summed E-state index contributed by atoms with van der Waals surface area (Å²) in [7, 11) is -3.53. The van der Waals surface area contributed by atoms with Crippen LogP contribution in [0.15, 0.2) is 38.4 Å². The van der Waals surface area contributed by atoms with Gasteiger partial charge in [0.1, 0.15) is 4.21 Å². The molecule has 30 heavy (non-hydrogen) atoms. The van der Waals surface area contributed by atoms with Crippen LogP contribution >= 0.6 is 11.3 Å². The Morgan fingerprint density at radius 2 is 1.87 bits per heavy atom. The summed E-state index contributed by atoms with van der Waals surface area (Å²) >= 11 is 1.21. The van der Waals surface area contributed by atoms with Crippen molar-refractivity contribution in [1.29, 1.82) is 0 Å². The lowest BCUT2D eigenvalue weighted by atomic mass is 10.1. The number of aryl methyl sites for hydroxylation is 2. The first-order chi connectivity index (χ1) is 14.4. The fourth-order valence-electron chi connectivity index (χ4n) is 3.77. The van der Waals surface area contributed by atoms with Gasteiger partial charge in [-0.2, -0.15) is 9.29 Å². The lowest BCUT2D eigenvalue weighted by molar-refractivity contribution is 0.380. The van der Waals surface area contributed by atoms with Gasteiger partial charge in [0.05, 0.1) is 0 Å². The summed E-state index contributed by atoms with van der Waals surface area (Å²) in [4.78, 5) is 6.69. The minimum Gasteiger partial charge on any atom is -0.369 e. The summed E-state index contributed by atoms with van der Waals surface area (Å²) < 4.78 is 33.6. The van der Waals surface area contributed by atoms with Gasteiger partial charge in [0.15, 0.2) is 0 Å². The number of thiophene rings is 1. The zero-order valence-electron chi connectivity index (χ0n) is 17.0. The van der Waals surface area contributed by atoms with Crippen molar-refractivity contribution in [3.05, 3.63) is 46.7 Å². The smallest absolute Gasteiger partial charge is 0.252 e. The average molecular weight is 445 g/mol. The Morgan fingerprint density at radius 3 is 2.60 bits per heavy atom. The van der Waals surface area contributed by atoms with Gasteiger partial charge in [-0.3, -0.25) is 0 Å². The maximum absolute atomic E-state index is 13.2. The summed E-state index contributed by atoms with van der Waals surface area (Å²) in [6.07, 6.45) is 2.16. The second-order valence-electron chi connectivity index (χ2n) is 8.07. The minimum absolute atomic E-state index is 0.329. The zero-order valence-corrected chi connectivity index (χ0v) is 18.7. The monoisotopic (exact) mass is 444 g/mol. The molecule has 0 N–H and O–H groups in total. The predicted molar refractivity (Wildman–Crippen MR) is 116 cm³/mol. The molecule has 158 valence electrons. The van der Waals surface area contributed by atoms with Crippen LogP contribution in [0.3, 0.4) is 0 Å². The van der Waals surface area contributed by atoms with Gasteiger partial charge in [-0.05, 0) is 49.9 Å². The van der Waals surface area contributed by atoms with Gasteiger partial charge in [-0.15, -0.1) is 11.3 Å². The van der Waals surface area contributed by atoms with Gasteiger partial charge < -0.3 is 9.42 Å². The summed E-state index contributed by atoms with van der Waals surface area (Å²) in [6.45, 7) is 6.47. The van der Waals surface area contributed by atoms with Crippen LogP contribution in [0.5, 0.6) is 0 Å². The molecule has 3 heterocycles. The zero-order chi connectivity index (χ0) is 20.9. The third kappa shape index (κ3) is 3.66. The Labute approximate surface area is 180 Å². The highest BCUT2D eigenvalue weighted by atomic mass is 32.2. The van der Waals surface area contributed by atoms with E-state index in [2.05, 4.69) is 47.1 Å². The predicted octanol–water partition coefficient (Wildman–Crippen LogP) is 3.80. The maximum atomic E-state index is 13.2. The van der Waals surface area contributed by atoms with Crippen LogP contribution in [-0.4, -0.2) is 49.0 Å². The molecule has 1 aliphatic heterocycles.